The summed E-state index contributed by atoms with van der Waals surface area (Å²) in [6.45, 7) is 0.344. The maximum absolute atomic E-state index is 12.2. The molecule has 0 fully saturated rings. The van der Waals surface area contributed by atoms with Gasteiger partial charge in [0.05, 0.1) is 6.42 Å². The summed E-state index contributed by atoms with van der Waals surface area (Å²) in [6, 6.07) is 14.8. The molecular formula is C20H17N5O2. The fraction of sp³-hybridized carbons (Fsp3) is 0.100. The first-order chi connectivity index (χ1) is 13.2. The zero-order valence-corrected chi connectivity index (χ0v) is 14.4. The number of H-pyrrole nitrogens is 1. The van der Waals surface area contributed by atoms with Crippen LogP contribution in [0.1, 0.15) is 11.1 Å². The third kappa shape index (κ3) is 3.77. The van der Waals surface area contributed by atoms with Gasteiger partial charge in [-0.15, -0.1) is 0 Å². The number of aromatic amines is 1. The second kappa shape index (κ2) is 7.25. The molecule has 7 nitrogen and oxygen atoms in total. The number of nitrogens with one attached hydrogen (secondary N) is 2. The second-order valence-electron chi connectivity index (χ2n) is 6.14. The van der Waals surface area contributed by atoms with E-state index in [0.717, 1.165) is 16.5 Å². The van der Waals surface area contributed by atoms with Gasteiger partial charge in [-0.3, -0.25) is 9.59 Å². The van der Waals surface area contributed by atoms with E-state index in [9.17, 15) is 9.59 Å². The van der Waals surface area contributed by atoms with Crippen molar-refractivity contribution in [3.8, 4) is 5.82 Å². The Bertz CT molecular complexity index is 1130. The third-order valence-electron chi connectivity index (χ3n) is 4.22. The van der Waals surface area contributed by atoms with Gasteiger partial charge in [0.1, 0.15) is 0 Å². The molecule has 0 aliphatic rings. The van der Waals surface area contributed by atoms with E-state index >= 15 is 0 Å². The van der Waals surface area contributed by atoms with E-state index in [-0.39, 0.29) is 17.9 Å². The smallest absolute Gasteiger partial charge is 0.252 e. The van der Waals surface area contributed by atoms with Crippen LogP contribution in [0.3, 0.4) is 0 Å². The Labute approximate surface area is 154 Å². The highest BCUT2D eigenvalue weighted by Crippen LogP contribution is 2.10. The average Bonchev–Trinajstić information content (AvgIpc) is 3.22. The van der Waals surface area contributed by atoms with E-state index < -0.39 is 0 Å². The van der Waals surface area contributed by atoms with Gasteiger partial charge in [0.25, 0.3) is 5.56 Å². The molecule has 0 aliphatic heterocycles. The van der Waals surface area contributed by atoms with E-state index in [1.165, 1.54) is 0 Å². The number of carbonyl (C=O) groups is 1. The Kier molecular flexibility index (Phi) is 4.49. The Morgan fingerprint density at radius 3 is 2.81 bits per heavy atom. The quantitative estimate of drug-likeness (QED) is 0.570. The Balaban J connectivity index is 1.40. The molecule has 0 unspecified atom stereocenters. The Morgan fingerprint density at radius 1 is 1.15 bits per heavy atom. The number of amides is 1. The lowest BCUT2D eigenvalue weighted by Crippen LogP contribution is -2.27. The van der Waals surface area contributed by atoms with Crippen molar-refractivity contribution in [1.29, 1.82) is 0 Å². The van der Waals surface area contributed by atoms with Crippen molar-refractivity contribution in [2.24, 2.45) is 0 Å². The summed E-state index contributed by atoms with van der Waals surface area (Å²) < 4.78 is 1.66. The molecule has 4 aromatic rings. The van der Waals surface area contributed by atoms with Crippen LogP contribution in [-0.4, -0.2) is 25.7 Å². The molecule has 1 amide bonds. The number of rotatable bonds is 5. The molecule has 2 N–H and O–H groups in total. The second-order valence-corrected chi connectivity index (χ2v) is 6.14. The van der Waals surface area contributed by atoms with E-state index in [0.29, 0.717) is 17.9 Å². The zero-order valence-electron chi connectivity index (χ0n) is 14.4. The zero-order chi connectivity index (χ0) is 18.6. The van der Waals surface area contributed by atoms with Crippen LogP contribution < -0.4 is 10.9 Å². The predicted octanol–water partition coefficient (Wildman–Crippen LogP) is 1.97. The van der Waals surface area contributed by atoms with Gasteiger partial charge < -0.3 is 10.3 Å². The number of pyridine rings is 2. The van der Waals surface area contributed by atoms with Crippen molar-refractivity contribution in [2.75, 3.05) is 0 Å². The summed E-state index contributed by atoms with van der Waals surface area (Å²) in [4.78, 5) is 31.5. The number of nitrogens with zero attached hydrogens (tertiary/aromatic N) is 3. The van der Waals surface area contributed by atoms with E-state index in [1.54, 1.807) is 23.1 Å². The Hall–Kier alpha value is -3.74. The summed E-state index contributed by atoms with van der Waals surface area (Å²) in [5.41, 5.74) is 1.83. The van der Waals surface area contributed by atoms with Gasteiger partial charge in [0, 0.05) is 36.2 Å². The summed E-state index contributed by atoms with van der Waals surface area (Å²) in [6.07, 6.45) is 5.22. The molecule has 1 aromatic carbocycles. The van der Waals surface area contributed by atoms with Crippen LogP contribution in [0.15, 0.2) is 71.9 Å². The first-order valence-electron chi connectivity index (χ1n) is 8.51. The molecule has 7 heteroatoms. The fourth-order valence-electron chi connectivity index (χ4n) is 2.82. The SMILES string of the molecule is O=C(Cc1cc2ccccc2[nH]c1=O)NCc1ccc(-n2cccn2)nc1. The van der Waals surface area contributed by atoms with E-state index in [4.69, 9.17) is 0 Å². The van der Waals surface area contributed by atoms with Crippen LogP contribution in [0, 0.1) is 0 Å². The lowest BCUT2D eigenvalue weighted by atomic mass is 10.1. The van der Waals surface area contributed by atoms with Gasteiger partial charge in [-0.2, -0.15) is 5.10 Å². The van der Waals surface area contributed by atoms with Crippen molar-refractivity contribution in [3.05, 3.63) is 88.6 Å². The van der Waals surface area contributed by atoms with Gasteiger partial charge >= 0.3 is 0 Å². The maximum atomic E-state index is 12.2. The normalized spacial score (nSPS) is 10.8. The number of fused-ring (bicyclic) bond motifs is 1. The summed E-state index contributed by atoms with van der Waals surface area (Å²) in [7, 11) is 0. The summed E-state index contributed by atoms with van der Waals surface area (Å²) in [5, 5.41) is 7.84. The largest absolute Gasteiger partial charge is 0.352 e. The highest BCUT2D eigenvalue weighted by molar-refractivity contribution is 5.82. The topological polar surface area (TPSA) is 92.7 Å². The standard InChI is InChI=1S/C20H17N5O2/c26-19(11-16-10-15-4-1-2-5-17(15)24-20(16)27)22-13-14-6-7-18(21-12-14)25-9-3-8-23-25/h1-10,12H,11,13H2,(H,22,26)(H,24,27). The molecule has 0 bridgehead atoms. The van der Waals surface area contributed by atoms with Crippen LogP contribution in [0.5, 0.6) is 0 Å². The minimum Gasteiger partial charge on any atom is -0.352 e. The van der Waals surface area contributed by atoms with E-state index in [1.807, 2.05) is 48.7 Å². The number of hydrogen-bond acceptors (Lipinski definition) is 4. The molecule has 0 atom stereocenters. The summed E-state index contributed by atoms with van der Waals surface area (Å²) >= 11 is 0. The lowest BCUT2D eigenvalue weighted by molar-refractivity contribution is -0.120. The minimum atomic E-state index is -0.242. The monoisotopic (exact) mass is 359 g/mol. The van der Waals surface area contributed by atoms with Crippen molar-refractivity contribution in [2.45, 2.75) is 13.0 Å². The first kappa shape index (κ1) is 16.7. The van der Waals surface area contributed by atoms with Crippen molar-refractivity contribution in [1.82, 2.24) is 25.1 Å². The van der Waals surface area contributed by atoms with Crippen LogP contribution >= 0.6 is 0 Å². The molecular weight excluding hydrogens is 342 g/mol. The molecule has 0 saturated heterocycles. The van der Waals surface area contributed by atoms with Crippen molar-refractivity contribution < 1.29 is 4.79 Å². The summed E-state index contributed by atoms with van der Waals surface area (Å²) in [5.74, 6) is 0.490. The van der Waals surface area contributed by atoms with Crippen LogP contribution in [0.25, 0.3) is 16.7 Å². The highest BCUT2D eigenvalue weighted by atomic mass is 16.2. The number of benzene rings is 1. The van der Waals surface area contributed by atoms with Gasteiger partial charge in [-0.25, -0.2) is 9.67 Å². The Morgan fingerprint density at radius 2 is 2.04 bits per heavy atom. The molecule has 3 aromatic heterocycles. The fourth-order valence-corrected chi connectivity index (χ4v) is 2.82. The number of hydrogen-bond donors (Lipinski definition) is 2. The van der Waals surface area contributed by atoms with Crippen LogP contribution in [0.4, 0.5) is 0 Å². The molecule has 4 rings (SSSR count). The van der Waals surface area contributed by atoms with E-state index in [2.05, 4.69) is 20.4 Å². The van der Waals surface area contributed by atoms with Gasteiger partial charge in [0.15, 0.2) is 5.82 Å². The molecule has 134 valence electrons. The predicted molar refractivity (Wildman–Crippen MR) is 101 cm³/mol. The molecule has 0 saturated carbocycles. The number of carbonyl (C=O) groups excluding carboxylic acids is 1. The third-order valence-corrected chi connectivity index (χ3v) is 4.22. The number of para-hydroxylation sites is 1. The van der Waals surface area contributed by atoms with Crippen LogP contribution in [0.2, 0.25) is 0 Å². The molecule has 27 heavy (non-hydrogen) atoms. The molecule has 3 heterocycles. The van der Waals surface area contributed by atoms with Gasteiger partial charge in [0.2, 0.25) is 5.91 Å². The highest BCUT2D eigenvalue weighted by Gasteiger charge is 2.09. The minimum absolute atomic E-state index is 0.0268. The first-order valence-corrected chi connectivity index (χ1v) is 8.51. The van der Waals surface area contributed by atoms with Gasteiger partial charge in [-0.05, 0) is 35.2 Å². The van der Waals surface area contributed by atoms with Crippen molar-refractivity contribution in [3.63, 3.8) is 0 Å². The molecule has 0 spiro atoms. The lowest BCUT2D eigenvalue weighted by Gasteiger charge is -2.07. The maximum Gasteiger partial charge on any atom is 0.252 e. The average molecular weight is 359 g/mol. The number of aromatic nitrogens is 4. The molecule has 0 aliphatic carbocycles. The molecule has 0 radical (unpaired) electrons. The van der Waals surface area contributed by atoms with Crippen molar-refractivity contribution >= 4 is 16.8 Å². The van der Waals surface area contributed by atoms with Crippen LogP contribution in [-0.2, 0) is 17.8 Å². The van der Waals surface area contributed by atoms with Gasteiger partial charge in [-0.1, -0.05) is 24.3 Å².